The summed E-state index contributed by atoms with van der Waals surface area (Å²) in [5.41, 5.74) is 0.345. The number of ether oxygens (including phenoxy) is 1. The lowest BCUT2D eigenvalue weighted by atomic mass is 9.84. The van der Waals surface area contributed by atoms with E-state index < -0.39 is 0 Å². The lowest BCUT2D eigenvalue weighted by Gasteiger charge is -2.39. The fourth-order valence-electron chi connectivity index (χ4n) is 3.70. The first-order valence-corrected chi connectivity index (χ1v) is 6.73. The molecule has 1 N–H and O–H groups in total. The molecule has 0 aliphatic carbocycles. The predicted octanol–water partition coefficient (Wildman–Crippen LogP) is 1.24. The van der Waals surface area contributed by atoms with Gasteiger partial charge < -0.3 is 10.1 Å². The highest BCUT2D eigenvalue weighted by Gasteiger charge is 2.40. The summed E-state index contributed by atoms with van der Waals surface area (Å²) in [6.45, 7) is 9.33. The van der Waals surface area contributed by atoms with E-state index in [1.807, 2.05) is 0 Å². The van der Waals surface area contributed by atoms with Gasteiger partial charge in [-0.1, -0.05) is 0 Å². The maximum Gasteiger partial charge on any atom is 0.0718 e. The van der Waals surface area contributed by atoms with Crippen molar-refractivity contribution in [1.29, 1.82) is 0 Å². The van der Waals surface area contributed by atoms with Crippen LogP contribution >= 0.6 is 0 Å². The van der Waals surface area contributed by atoms with Crippen LogP contribution in [-0.4, -0.2) is 48.8 Å². The number of likely N-dealkylation sites (tertiary alicyclic amines) is 1. The Hall–Kier alpha value is -0.120. The molecule has 1 unspecified atom stereocenters. The molecule has 3 fully saturated rings. The van der Waals surface area contributed by atoms with Gasteiger partial charge in [-0.3, -0.25) is 4.90 Å². The standard InChI is InChI=1S/C13H24N2O/c1-13(2)6-10(3-4-14-13)7-15-8-12-5-11(15)9-16-12/h10-12,14H,3-9H2,1-2H3/t10?,11-,12-/m0/s1. The molecule has 0 aromatic rings. The second kappa shape index (κ2) is 3.97. The number of hydrogen-bond donors (Lipinski definition) is 1. The Labute approximate surface area is 98.5 Å². The molecule has 3 nitrogen and oxygen atoms in total. The van der Waals surface area contributed by atoms with Gasteiger partial charge in [0.15, 0.2) is 0 Å². The molecule has 3 atom stereocenters. The Morgan fingerprint density at radius 2 is 2.31 bits per heavy atom. The van der Waals surface area contributed by atoms with Crippen molar-refractivity contribution >= 4 is 0 Å². The molecule has 3 heteroatoms. The van der Waals surface area contributed by atoms with Gasteiger partial charge in [0.05, 0.1) is 12.7 Å². The summed E-state index contributed by atoms with van der Waals surface area (Å²) in [7, 11) is 0. The van der Waals surface area contributed by atoms with E-state index >= 15 is 0 Å². The quantitative estimate of drug-likeness (QED) is 0.764. The third-order valence-corrected chi connectivity index (χ3v) is 4.46. The summed E-state index contributed by atoms with van der Waals surface area (Å²) in [6.07, 6.45) is 4.51. The fourth-order valence-corrected chi connectivity index (χ4v) is 3.70. The highest BCUT2D eigenvalue weighted by atomic mass is 16.5. The van der Waals surface area contributed by atoms with Crippen LogP contribution in [0.5, 0.6) is 0 Å². The van der Waals surface area contributed by atoms with Crippen molar-refractivity contribution < 1.29 is 4.74 Å². The van der Waals surface area contributed by atoms with E-state index in [2.05, 4.69) is 24.1 Å². The van der Waals surface area contributed by atoms with Crippen LogP contribution in [0.2, 0.25) is 0 Å². The molecule has 3 aliphatic heterocycles. The van der Waals surface area contributed by atoms with Crippen molar-refractivity contribution in [2.24, 2.45) is 5.92 Å². The first-order valence-electron chi connectivity index (χ1n) is 6.73. The van der Waals surface area contributed by atoms with Crippen LogP contribution in [0.1, 0.15) is 33.1 Å². The van der Waals surface area contributed by atoms with Crippen LogP contribution in [0, 0.1) is 5.92 Å². The molecule has 0 aromatic heterocycles. The molecular formula is C13H24N2O. The minimum absolute atomic E-state index is 0.345. The van der Waals surface area contributed by atoms with E-state index in [9.17, 15) is 0 Å². The molecule has 0 aromatic carbocycles. The summed E-state index contributed by atoms with van der Waals surface area (Å²) in [6, 6.07) is 0.739. The summed E-state index contributed by atoms with van der Waals surface area (Å²) >= 11 is 0. The number of hydrogen-bond acceptors (Lipinski definition) is 3. The lowest BCUT2D eigenvalue weighted by Crippen LogP contribution is -2.49. The average molecular weight is 224 g/mol. The highest BCUT2D eigenvalue weighted by molar-refractivity contribution is 4.94. The van der Waals surface area contributed by atoms with E-state index in [1.54, 1.807) is 0 Å². The summed E-state index contributed by atoms with van der Waals surface area (Å²) < 4.78 is 5.66. The molecule has 3 heterocycles. The zero-order valence-corrected chi connectivity index (χ0v) is 10.5. The van der Waals surface area contributed by atoms with Crippen LogP contribution in [-0.2, 0) is 4.74 Å². The second-order valence-electron chi connectivity index (χ2n) is 6.47. The maximum atomic E-state index is 5.66. The van der Waals surface area contributed by atoms with Crippen molar-refractivity contribution in [2.45, 2.75) is 50.8 Å². The smallest absolute Gasteiger partial charge is 0.0718 e. The summed E-state index contributed by atoms with van der Waals surface area (Å²) in [4.78, 5) is 2.68. The van der Waals surface area contributed by atoms with E-state index in [1.165, 1.54) is 38.9 Å². The van der Waals surface area contributed by atoms with Gasteiger partial charge in [0.2, 0.25) is 0 Å². The molecule has 16 heavy (non-hydrogen) atoms. The van der Waals surface area contributed by atoms with Crippen molar-refractivity contribution in [3.05, 3.63) is 0 Å². The number of nitrogens with zero attached hydrogens (tertiary/aromatic N) is 1. The number of fused-ring (bicyclic) bond motifs is 2. The minimum Gasteiger partial charge on any atom is -0.375 e. The third kappa shape index (κ3) is 2.13. The van der Waals surface area contributed by atoms with Gasteiger partial charge in [-0.25, -0.2) is 0 Å². The van der Waals surface area contributed by atoms with Crippen molar-refractivity contribution in [3.8, 4) is 0 Å². The largest absolute Gasteiger partial charge is 0.375 e. The number of nitrogens with one attached hydrogen (secondary N) is 1. The topological polar surface area (TPSA) is 24.5 Å². The van der Waals surface area contributed by atoms with Crippen molar-refractivity contribution in [3.63, 3.8) is 0 Å². The predicted molar refractivity (Wildman–Crippen MR) is 64.5 cm³/mol. The van der Waals surface area contributed by atoms with Crippen LogP contribution in [0.4, 0.5) is 0 Å². The molecule has 0 radical (unpaired) electrons. The third-order valence-electron chi connectivity index (χ3n) is 4.46. The van der Waals surface area contributed by atoms with Gasteiger partial charge in [-0.2, -0.15) is 0 Å². The van der Waals surface area contributed by atoms with Crippen LogP contribution < -0.4 is 5.32 Å². The highest BCUT2D eigenvalue weighted by Crippen LogP contribution is 2.31. The van der Waals surface area contributed by atoms with Gasteiger partial charge in [0, 0.05) is 24.7 Å². The Kier molecular flexibility index (Phi) is 2.73. The first-order chi connectivity index (χ1) is 7.62. The second-order valence-corrected chi connectivity index (χ2v) is 6.47. The molecule has 92 valence electrons. The monoisotopic (exact) mass is 224 g/mol. The SMILES string of the molecule is CC1(C)CC(CN2C[C@@H]3C[C@H]2CO3)CCN1. The van der Waals surface area contributed by atoms with E-state index in [0.29, 0.717) is 11.6 Å². The normalized spacial score (nSPS) is 42.8. The van der Waals surface area contributed by atoms with Crippen LogP contribution in [0.3, 0.4) is 0 Å². The molecular weight excluding hydrogens is 200 g/mol. The molecule has 2 bridgehead atoms. The molecule has 3 aliphatic rings. The minimum atomic E-state index is 0.345. The Bertz CT molecular complexity index is 267. The molecule has 3 rings (SSSR count). The van der Waals surface area contributed by atoms with Crippen LogP contribution in [0.15, 0.2) is 0 Å². The average Bonchev–Trinajstić information content (AvgIpc) is 2.77. The number of rotatable bonds is 2. The van der Waals surface area contributed by atoms with E-state index in [4.69, 9.17) is 4.74 Å². The van der Waals surface area contributed by atoms with E-state index in [0.717, 1.165) is 18.6 Å². The Morgan fingerprint density at radius 1 is 1.44 bits per heavy atom. The number of piperidine rings is 1. The van der Waals surface area contributed by atoms with Gasteiger partial charge in [-0.05, 0) is 45.6 Å². The molecule has 0 spiro atoms. The maximum absolute atomic E-state index is 5.66. The van der Waals surface area contributed by atoms with Gasteiger partial charge in [0.25, 0.3) is 0 Å². The van der Waals surface area contributed by atoms with E-state index in [-0.39, 0.29) is 0 Å². The fraction of sp³-hybridized carbons (Fsp3) is 1.00. The lowest BCUT2D eigenvalue weighted by molar-refractivity contribution is 0.0193. The molecule has 0 saturated carbocycles. The summed E-state index contributed by atoms with van der Waals surface area (Å²) in [5.74, 6) is 0.885. The van der Waals surface area contributed by atoms with Gasteiger partial charge >= 0.3 is 0 Å². The van der Waals surface area contributed by atoms with Crippen molar-refractivity contribution in [2.75, 3.05) is 26.2 Å². The van der Waals surface area contributed by atoms with Crippen molar-refractivity contribution in [1.82, 2.24) is 10.2 Å². The molecule has 3 saturated heterocycles. The zero-order chi connectivity index (χ0) is 11.2. The number of morpholine rings is 1. The first kappa shape index (κ1) is 11.0. The summed E-state index contributed by atoms with van der Waals surface area (Å²) in [5, 5.41) is 3.60. The zero-order valence-electron chi connectivity index (χ0n) is 10.5. The Morgan fingerprint density at radius 3 is 2.94 bits per heavy atom. The Balaban J connectivity index is 1.55. The van der Waals surface area contributed by atoms with Crippen LogP contribution in [0.25, 0.3) is 0 Å². The van der Waals surface area contributed by atoms with Gasteiger partial charge in [0.1, 0.15) is 0 Å². The molecule has 0 amide bonds. The van der Waals surface area contributed by atoms with Gasteiger partial charge in [-0.15, -0.1) is 0 Å².